The molecule has 0 atom stereocenters. The molecule has 2 rings (SSSR count). The first kappa shape index (κ1) is 10.7. The highest BCUT2D eigenvalue weighted by Gasteiger charge is 2.29. The summed E-state index contributed by atoms with van der Waals surface area (Å²) in [5, 5.41) is 3.89. The normalized spacial score (nSPS) is 15.1. The molecule has 1 aliphatic carbocycles. The lowest BCUT2D eigenvalue weighted by molar-refractivity contribution is -0.122. The molecule has 1 aromatic rings. The molecule has 1 N–H and O–H groups in total. The summed E-state index contributed by atoms with van der Waals surface area (Å²) in [6.45, 7) is 0. The van der Waals surface area contributed by atoms with Gasteiger partial charge in [0, 0.05) is 5.92 Å². The van der Waals surface area contributed by atoms with E-state index in [9.17, 15) is 4.79 Å². The molecule has 1 aromatic carbocycles. The lowest BCUT2D eigenvalue weighted by Crippen LogP contribution is -2.18. The van der Waals surface area contributed by atoms with Gasteiger partial charge in [-0.05, 0) is 42.7 Å². The van der Waals surface area contributed by atoms with Crippen LogP contribution in [0.15, 0.2) is 29.4 Å². The Balaban J connectivity index is 1.87. The second-order valence-corrected chi connectivity index (χ2v) is 3.78. The van der Waals surface area contributed by atoms with Crippen LogP contribution in [0.5, 0.6) is 5.75 Å². The molecule has 1 saturated carbocycles. The molecule has 84 valence electrons. The van der Waals surface area contributed by atoms with Crippen molar-refractivity contribution in [3.8, 4) is 5.75 Å². The fourth-order valence-corrected chi connectivity index (χ4v) is 1.30. The third-order valence-corrected chi connectivity index (χ3v) is 2.45. The van der Waals surface area contributed by atoms with Gasteiger partial charge in [-0.2, -0.15) is 5.10 Å². The van der Waals surface area contributed by atoms with Crippen molar-refractivity contribution in [2.45, 2.75) is 12.8 Å². The van der Waals surface area contributed by atoms with E-state index in [0.29, 0.717) is 0 Å². The van der Waals surface area contributed by atoms with E-state index in [-0.39, 0.29) is 11.8 Å². The molecule has 16 heavy (non-hydrogen) atoms. The van der Waals surface area contributed by atoms with Crippen molar-refractivity contribution in [1.29, 1.82) is 0 Å². The number of rotatable bonds is 4. The quantitative estimate of drug-likeness (QED) is 0.616. The summed E-state index contributed by atoms with van der Waals surface area (Å²) in [4.78, 5) is 11.3. The zero-order valence-electron chi connectivity index (χ0n) is 9.14. The number of nitrogens with one attached hydrogen (secondary N) is 1. The molecular weight excluding hydrogens is 204 g/mol. The maximum atomic E-state index is 11.3. The Labute approximate surface area is 94.3 Å². The van der Waals surface area contributed by atoms with Crippen LogP contribution in [0.1, 0.15) is 18.4 Å². The Hall–Kier alpha value is -1.84. The van der Waals surface area contributed by atoms with Gasteiger partial charge in [0.1, 0.15) is 5.75 Å². The van der Waals surface area contributed by atoms with Gasteiger partial charge in [0.05, 0.1) is 13.3 Å². The van der Waals surface area contributed by atoms with E-state index in [1.165, 1.54) is 0 Å². The fourth-order valence-electron chi connectivity index (χ4n) is 1.30. The predicted octanol–water partition coefficient (Wildman–Crippen LogP) is 1.56. The Bertz CT molecular complexity index is 394. The molecule has 1 fully saturated rings. The maximum Gasteiger partial charge on any atom is 0.243 e. The number of ether oxygens (including phenoxy) is 1. The highest BCUT2D eigenvalue weighted by molar-refractivity contribution is 5.84. The van der Waals surface area contributed by atoms with E-state index in [2.05, 4.69) is 10.5 Å². The number of nitrogens with zero attached hydrogens (tertiary/aromatic N) is 1. The number of carbonyl (C=O) groups excluding carboxylic acids is 1. The molecule has 0 radical (unpaired) electrons. The van der Waals surface area contributed by atoms with Crippen LogP contribution in [0, 0.1) is 5.92 Å². The van der Waals surface area contributed by atoms with Crippen LogP contribution in [-0.4, -0.2) is 19.2 Å². The lowest BCUT2D eigenvalue weighted by atomic mass is 10.2. The highest BCUT2D eigenvalue weighted by atomic mass is 16.5. The van der Waals surface area contributed by atoms with E-state index in [0.717, 1.165) is 24.2 Å². The summed E-state index contributed by atoms with van der Waals surface area (Å²) in [5.74, 6) is 1.01. The third kappa shape index (κ3) is 2.82. The predicted molar refractivity (Wildman–Crippen MR) is 61.5 cm³/mol. The van der Waals surface area contributed by atoms with Crippen molar-refractivity contribution < 1.29 is 9.53 Å². The molecule has 1 aliphatic rings. The van der Waals surface area contributed by atoms with Crippen molar-refractivity contribution in [1.82, 2.24) is 5.43 Å². The second-order valence-electron chi connectivity index (χ2n) is 3.78. The number of carbonyl (C=O) groups is 1. The summed E-state index contributed by atoms with van der Waals surface area (Å²) in [6, 6.07) is 7.46. The van der Waals surface area contributed by atoms with E-state index in [1.54, 1.807) is 13.3 Å². The van der Waals surface area contributed by atoms with Gasteiger partial charge in [0.25, 0.3) is 0 Å². The van der Waals surface area contributed by atoms with E-state index in [4.69, 9.17) is 4.74 Å². The van der Waals surface area contributed by atoms with Crippen molar-refractivity contribution in [2.24, 2.45) is 11.0 Å². The third-order valence-electron chi connectivity index (χ3n) is 2.45. The van der Waals surface area contributed by atoms with Gasteiger partial charge in [0.2, 0.25) is 5.91 Å². The highest BCUT2D eigenvalue weighted by Crippen LogP contribution is 2.28. The topological polar surface area (TPSA) is 50.7 Å². The number of methoxy groups -OCH3 is 1. The minimum atomic E-state index is 0.0183. The van der Waals surface area contributed by atoms with Crippen LogP contribution in [0.2, 0.25) is 0 Å². The molecule has 0 aliphatic heterocycles. The van der Waals surface area contributed by atoms with Crippen LogP contribution in [0.25, 0.3) is 0 Å². The Morgan fingerprint density at radius 3 is 2.69 bits per heavy atom. The van der Waals surface area contributed by atoms with Crippen molar-refractivity contribution in [3.05, 3.63) is 29.8 Å². The maximum absolute atomic E-state index is 11.3. The first-order chi connectivity index (χ1) is 7.79. The summed E-state index contributed by atoms with van der Waals surface area (Å²) in [5.41, 5.74) is 3.45. The van der Waals surface area contributed by atoms with Gasteiger partial charge >= 0.3 is 0 Å². The molecule has 4 nitrogen and oxygen atoms in total. The lowest BCUT2D eigenvalue weighted by Gasteiger charge is -1.99. The number of hydrazone groups is 1. The summed E-state index contributed by atoms with van der Waals surface area (Å²) < 4.78 is 5.04. The first-order valence-electron chi connectivity index (χ1n) is 5.26. The number of amides is 1. The van der Waals surface area contributed by atoms with Gasteiger partial charge in [-0.25, -0.2) is 5.43 Å². The van der Waals surface area contributed by atoms with Gasteiger partial charge in [-0.3, -0.25) is 4.79 Å². The van der Waals surface area contributed by atoms with Gasteiger partial charge < -0.3 is 4.74 Å². The van der Waals surface area contributed by atoms with Crippen LogP contribution >= 0.6 is 0 Å². The minimum absolute atomic E-state index is 0.0183. The number of hydrogen-bond acceptors (Lipinski definition) is 3. The molecule has 0 bridgehead atoms. The van der Waals surface area contributed by atoms with E-state index >= 15 is 0 Å². The SMILES string of the molecule is COc1ccc(/C=N/NC(=O)C2CC2)cc1. The molecule has 0 heterocycles. The van der Waals surface area contributed by atoms with Crippen molar-refractivity contribution in [2.75, 3.05) is 7.11 Å². The number of hydrogen-bond donors (Lipinski definition) is 1. The zero-order chi connectivity index (χ0) is 11.4. The van der Waals surface area contributed by atoms with Gasteiger partial charge in [-0.1, -0.05) is 0 Å². The fraction of sp³-hybridized carbons (Fsp3) is 0.333. The van der Waals surface area contributed by atoms with Crippen molar-refractivity contribution in [3.63, 3.8) is 0 Å². The Kier molecular flexibility index (Phi) is 3.19. The van der Waals surface area contributed by atoms with E-state index < -0.39 is 0 Å². The summed E-state index contributed by atoms with van der Waals surface area (Å²) in [7, 11) is 1.62. The molecular formula is C12H14N2O2. The monoisotopic (exact) mass is 218 g/mol. The standard InChI is InChI=1S/C12H14N2O2/c1-16-11-6-2-9(3-7-11)8-13-14-12(15)10-4-5-10/h2-3,6-8,10H,4-5H2,1H3,(H,14,15)/b13-8+. The molecule has 0 saturated heterocycles. The largest absolute Gasteiger partial charge is 0.497 e. The first-order valence-corrected chi connectivity index (χ1v) is 5.26. The molecule has 1 amide bonds. The van der Waals surface area contributed by atoms with Gasteiger partial charge in [0.15, 0.2) is 0 Å². The van der Waals surface area contributed by atoms with Crippen LogP contribution in [-0.2, 0) is 4.79 Å². The average Bonchev–Trinajstić information content (AvgIpc) is 3.14. The van der Waals surface area contributed by atoms with Crippen molar-refractivity contribution >= 4 is 12.1 Å². The second kappa shape index (κ2) is 4.79. The summed E-state index contributed by atoms with van der Waals surface area (Å²) >= 11 is 0. The zero-order valence-corrected chi connectivity index (χ0v) is 9.14. The molecule has 4 heteroatoms. The van der Waals surface area contributed by atoms with Crippen LogP contribution in [0.4, 0.5) is 0 Å². The van der Waals surface area contributed by atoms with Gasteiger partial charge in [-0.15, -0.1) is 0 Å². The molecule has 0 aromatic heterocycles. The van der Waals surface area contributed by atoms with E-state index in [1.807, 2.05) is 24.3 Å². The smallest absolute Gasteiger partial charge is 0.243 e. The Morgan fingerprint density at radius 1 is 1.44 bits per heavy atom. The average molecular weight is 218 g/mol. The van der Waals surface area contributed by atoms with Crippen LogP contribution in [0.3, 0.4) is 0 Å². The number of benzene rings is 1. The molecule has 0 spiro atoms. The van der Waals surface area contributed by atoms with Crippen LogP contribution < -0.4 is 10.2 Å². The molecule has 0 unspecified atom stereocenters. The Morgan fingerprint density at radius 2 is 2.12 bits per heavy atom. The minimum Gasteiger partial charge on any atom is -0.497 e. The summed E-state index contributed by atoms with van der Waals surface area (Å²) in [6.07, 6.45) is 3.60.